The summed E-state index contributed by atoms with van der Waals surface area (Å²) in [4.78, 5) is 11.0. The van der Waals surface area contributed by atoms with Crippen molar-refractivity contribution in [1.82, 2.24) is 10.6 Å². The average molecular weight is 258 g/mol. The summed E-state index contributed by atoms with van der Waals surface area (Å²) in [6.45, 7) is 3.74. The Kier molecular flexibility index (Phi) is 5.68. The van der Waals surface area contributed by atoms with Gasteiger partial charge in [0.15, 0.2) is 5.11 Å². The van der Waals surface area contributed by atoms with Gasteiger partial charge in [-0.3, -0.25) is 0 Å². The molecule has 1 saturated carbocycles. The second-order valence-corrected chi connectivity index (χ2v) is 5.42. The van der Waals surface area contributed by atoms with Crippen molar-refractivity contribution in [2.75, 3.05) is 0 Å². The molecule has 1 fully saturated rings. The van der Waals surface area contributed by atoms with Gasteiger partial charge < -0.3 is 15.7 Å². The smallest absolute Gasteiger partial charge is 0.326 e. The fourth-order valence-corrected chi connectivity index (χ4v) is 2.42. The van der Waals surface area contributed by atoms with Gasteiger partial charge in [0.1, 0.15) is 6.04 Å². The minimum atomic E-state index is -0.854. The van der Waals surface area contributed by atoms with Crippen LogP contribution in [-0.2, 0) is 4.79 Å². The Balaban J connectivity index is 2.38. The number of aliphatic carboxylic acids is 1. The Bertz CT molecular complexity index is 276. The van der Waals surface area contributed by atoms with Crippen LogP contribution in [0.5, 0.6) is 0 Å². The van der Waals surface area contributed by atoms with Crippen LogP contribution < -0.4 is 10.6 Å². The highest BCUT2D eigenvalue weighted by Crippen LogP contribution is 2.17. The first-order chi connectivity index (χ1) is 8.00. The van der Waals surface area contributed by atoms with E-state index in [2.05, 4.69) is 10.6 Å². The molecule has 0 aromatic carbocycles. The van der Waals surface area contributed by atoms with Gasteiger partial charge in [-0.1, -0.05) is 33.1 Å². The molecular formula is C12H22N2O2S. The number of hydrogen-bond donors (Lipinski definition) is 3. The highest BCUT2D eigenvalue weighted by atomic mass is 32.1. The molecule has 98 valence electrons. The van der Waals surface area contributed by atoms with E-state index in [4.69, 9.17) is 17.3 Å². The summed E-state index contributed by atoms with van der Waals surface area (Å²) < 4.78 is 0. The van der Waals surface area contributed by atoms with Crippen LogP contribution in [0.25, 0.3) is 0 Å². The van der Waals surface area contributed by atoms with E-state index in [1.807, 2.05) is 13.8 Å². The maximum Gasteiger partial charge on any atom is 0.326 e. The van der Waals surface area contributed by atoms with Gasteiger partial charge in [0.2, 0.25) is 0 Å². The number of thiocarbonyl (C=S) groups is 1. The molecule has 1 aliphatic carbocycles. The molecule has 5 heteroatoms. The van der Waals surface area contributed by atoms with E-state index < -0.39 is 12.0 Å². The molecule has 0 spiro atoms. The Morgan fingerprint density at radius 1 is 1.29 bits per heavy atom. The van der Waals surface area contributed by atoms with Crippen molar-refractivity contribution < 1.29 is 9.90 Å². The molecule has 0 amide bonds. The molecule has 17 heavy (non-hydrogen) atoms. The molecule has 1 atom stereocenters. The molecule has 0 aromatic heterocycles. The molecule has 3 N–H and O–H groups in total. The Labute approximate surface area is 108 Å². The first kappa shape index (κ1) is 14.2. The van der Waals surface area contributed by atoms with Gasteiger partial charge in [0, 0.05) is 6.04 Å². The average Bonchev–Trinajstić information content (AvgIpc) is 2.26. The molecule has 0 aromatic rings. The van der Waals surface area contributed by atoms with Crippen LogP contribution in [0.2, 0.25) is 0 Å². The van der Waals surface area contributed by atoms with Crippen molar-refractivity contribution in [1.29, 1.82) is 0 Å². The van der Waals surface area contributed by atoms with Crippen molar-refractivity contribution in [3.63, 3.8) is 0 Å². The third kappa shape index (κ3) is 4.89. The summed E-state index contributed by atoms with van der Waals surface area (Å²) in [5, 5.41) is 15.6. The number of carboxylic acid groups (broad SMARTS) is 1. The van der Waals surface area contributed by atoms with E-state index in [0.29, 0.717) is 11.2 Å². The summed E-state index contributed by atoms with van der Waals surface area (Å²) in [6.07, 6.45) is 6.00. The summed E-state index contributed by atoms with van der Waals surface area (Å²) in [5.41, 5.74) is 0. The molecular weight excluding hydrogens is 236 g/mol. The van der Waals surface area contributed by atoms with Gasteiger partial charge in [-0.25, -0.2) is 4.79 Å². The van der Waals surface area contributed by atoms with E-state index in [9.17, 15) is 4.79 Å². The van der Waals surface area contributed by atoms with E-state index in [0.717, 1.165) is 12.8 Å². The van der Waals surface area contributed by atoms with E-state index >= 15 is 0 Å². The van der Waals surface area contributed by atoms with E-state index in [1.165, 1.54) is 19.3 Å². The summed E-state index contributed by atoms with van der Waals surface area (Å²) in [6, 6.07) is -0.205. The van der Waals surface area contributed by atoms with Gasteiger partial charge >= 0.3 is 5.97 Å². The standard InChI is InChI=1S/C12H22N2O2S/c1-8(2)10(11(15)16)14-12(17)13-9-6-4-3-5-7-9/h8-10H,3-7H2,1-2H3,(H,15,16)(H2,13,14,17)/t10-/m1/s1. The Morgan fingerprint density at radius 3 is 2.35 bits per heavy atom. The first-order valence-electron chi connectivity index (χ1n) is 6.30. The Hall–Kier alpha value is -0.840. The third-order valence-electron chi connectivity index (χ3n) is 3.16. The molecule has 0 heterocycles. The van der Waals surface area contributed by atoms with Gasteiger partial charge in [-0.2, -0.15) is 0 Å². The van der Waals surface area contributed by atoms with E-state index in [1.54, 1.807) is 0 Å². The van der Waals surface area contributed by atoms with Gasteiger partial charge in [-0.15, -0.1) is 0 Å². The zero-order valence-electron chi connectivity index (χ0n) is 10.5. The van der Waals surface area contributed by atoms with Crippen molar-refractivity contribution in [2.24, 2.45) is 5.92 Å². The lowest BCUT2D eigenvalue weighted by atomic mass is 9.96. The van der Waals surface area contributed by atoms with Crippen LogP contribution in [-0.4, -0.2) is 28.3 Å². The Morgan fingerprint density at radius 2 is 1.88 bits per heavy atom. The molecule has 1 rings (SSSR count). The van der Waals surface area contributed by atoms with Gasteiger partial charge in [0.05, 0.1) is 0 Å². The molecule has 0 aliphatic heterocycles. The number of rotatable bonds is 4. The third-order valence-corrected chi connectivity index (χ3v) is 3.40. The van der Waals surface area contributed by atoms with Crippen LogP contribution in [0, 0.1) is 5.92 Å². The van der Waals surface area contributed by atoms with Crippen LogP contribution in [0.1, 0.15) is 46.0 Å². The first-order valence-corrected chi connectivity index (χ1v) is 6.71. The number of carbonyl (C=O) groups is 1. The fraction of sp³-hybridized carbons (Fsp3) is 0.833. The molecule has 0 unspecified atom stereocenters. The minimum Gasteiger partial charge on any atom is -0.480 e. The predicted molar refractivity (Wildman–Crippen MR) is 72.0 cm³/mol. The van der Waals surface area contributed by atoms with Crippen molar-refractivity contribution in [2.45, 2.75) is 58.0 Å². The topological polar surface area (TPSA) is 61.4 Å². The summed E-state index contributed by atoms with van der Waals surface area (Å²) in [7, 11) is 0. The highest BCUT2D eigenvalue weighted by molar-refractivity contribution is 7.80. The maximum absolute atomic E-state index is 11.0. The van der Waals surface area contributed by atoms with Gasteiger partial charge in [-0.05, 0) is 31.0 Å². The molecule has 0 bridgehead atoms. The SMILES string of the molecule is CC(C)[C@@H](NC(=S)NC1CCCCC1)C(=O)O. The van der Waals surface area contributed by atoms with E-state index in [-0.39, 0.29) is 5.92 Å². The minimum absolute atomic E-state index is 0.0126. The van der Waals surface area contributed by atoms with Crippen molar-refractivity contribution in [3.05, 3.63) is 0 Å². The molecule has 1 aliphatic rings. The highest BCUT2D eigenvalue weighted by Gasteiger charge is 2.23. The predicted octanol–water partition coefficient (Wildman–Crippen LogP) is 1.89. The lowest BCUT2D eigenvalue weighted by Crippen LogP contribution is -2.51. The molecule has 0 saturated heterocycles. The zero-order chi connectivity index (χ0) is 12.8. The number of nitrogens with one attached hydrogen (secondary N) is 2. The number of hydrogen-bond acceptors (Lipinski definition) is 2. The van der Waals surface area contributed by atoms with Gasteiger partial charge in [0.25, 0.3) is 0 Å². The summed E-state index contributed by atoms with van der Waals surface area (Å²) in [5.74, 6) is -0.841. The zero-order valence-corrected chi connectivity index (χ0v) is 11.3. The van der Waals surface area contributed by atoms with Crippen LogP contribution >= 0.6 is 12.2 Å². The fourth-order valence-electron chi connectivity index (χ4n) is 2.13. The molecule has 4 nitrogen and oxygen atoms in total. The number of carboxylic acids is 1. The lowest BCUT2D eigenvalue weighted by molar-refractivity contribution is -0.140. The van der Waals surface area contributed by atoms with Crippen LogP contribution in [0.4, 0.5) is 0 Å². The second-order valence-electron chi connectivity index (χ2n) is 5.01. The summed E-state index contributed by atoms with van der Waals surface area (Å²) >= 11 is 5.16. The quantitative estimate of drug-likeness (QED) is 0.672. The molecule has 0 radical (unpaired) electrons. The lowest BCUT2D eigenvalue weighted by Gasteiger charge is -2.26. The second kappa shape index (κ2) is 6.79. The normalized spacial score (nSPS) is 18.8. The maximum atomic E-state index is 11.0. The monoisotopic (exact) mass is 258 g/mol. The van der Waals surface area contributed by atoms with Crippen molar-refractivity contribution in [3.8, 4) is 0 Å². The van der Waals surface area contributed by atoms with Crippen LogP contribution in [0.15, 0.2) is 0 Å². The van der Waals surface area contributed by atoms with Crippen molar-refractivity contribution >= 4 is 23.3 Å². The largest absolute Gasteiger partial charge is 0.480 e. The van der Waals surface area contributed by atoms with Crippen LogP contribution in [0.3, 0.4) is 0 Å².